The van der Waals surface area contributed by atoms with Crippen molar-refractivity contribution < 1.29 is 9.84 Å². The summed E-state index contributed by atoms with van der Waals surface area (Å²) < 4.78 is 5.14. The molecule has 4 nitrogen and oxygen atoms in total. The zero-order valence-electron chi connectivity index (χ0n) is 10.1. The van der Waals surface area contributed by atoms with E-state index in [-0.39, 0.29) is 12.1 Å². The molecule has 1 rings (SSSR count). The topological polar surface area (TPSA) is 58.7 Å². The Bertz CT molecular complexity index is 201. The number of likely N-dealkylation sites (N-methyl/N-ethyl adjacent to an activating group) is 1. The Morgan fingerprint density at radius 2 is 2.33 bits per heavy atom. The summed E-state index contributed by atoms with van der Waals surface area (Å²) in [5.41, 5.74) is 5.70. The van der Waals surface area contributed by atoms with E-state index in [9.17, 15) is 5.11 Å². The number of aliphatic hydroxyl groups excluding tert-OH is 1. The third-order valence-electron chi connectivity index (χ3n) is 3.61. The van der Waals surface area contributed by atoms with Gasteiger partial charge >= 0.3 is 0 Å². The number of hydrogen-bond acceptors (Lipinski definition) is 4. The molecule has 1 saturated carbocycles. The van der Waals surface area contributed by atoms with Crippen molar-refractivity contribution >= 4 is 0 Å². The molecular formula is C11H24N2O2. The van der Waals surface area contributed by atoms with Crippen molar-refractivity contribution in [2.75, 3.05) is 27.4 Å². The molecule has 1 fully saturated rings. The van der Waals surface area contributed by atoms with E-state index in [0.717, 1.165) is 25.9 Å². The predicted molar refractivity (Wildman–Crippen MR) is 60.7 cm³/mol. The number of ether oxygens (including phenoxy) is 1. The Balaban J connectivity index is 2.46. The van der Waals surface area contributed by atoms with E-state index in [2.05, 4.69) is 18.9 Å². The normalized spacial score (nSPS) is 33.6. The molecule has 0 aromatic rings. The molecule has 0 spiro atoms. The van der Waals surface area contributed by atoms with Crippen molar-refractivity contribution in [2.24, 2.45) is 5.73 Å². The second kappa shape index (κ2) is 5.25. The minimum Gasteiger partial charge on any atom is -0.394 e. The highest BCUT2D eigenvalue weighted by molar-refractivity contribution is 4.97. The molecule has 0 aromatic heterocycles. The van der Waals surface area contributed by atoms with E-state index in [4.69, 9.17) is 10.5 Å². The zero-order valence-corrected chi connectivity index (χ0v) is 10.1. The van der Waals surface area contributed by atoms with Crippen molar-refractivity contribution in [2.45, 2.75) is 43.8 Å². The van der Waals surface area contributed by atoms with Crippen molar-refractivity contribution in [3.63, 3.8) is 0 Å². The highest BCUT2D eigenvalue weighted by Crippen LogP contribution is 2.31. The van der Waals surface area contributed by atoms with Crippen LogP contribution in [0.4, 0.5) is 0 Å². The van der Waals surface area contributed by atoms with Gasteiger partial charge in [0.2, 0.25) is 0 Å². The number of nitrogens with zero attached hydrogens (tertiary/aromatic N) is 1. The van der Waals surface area contributed by atoms with Gasteiger partial charge in [-0.1, -0.05) is 0 Å². The summed E-state index contributed by atoms with van der Waals surface area (Å²) in [4.78, 5) is 2.31. The Morgan fingerprint density at radius 1 is 1.67 bits per heavy atom. The first-order valence-electron chi connectivity index (χ1n) is 5.63. The van der Waals surface area contributed by atoms with Crippen LogP contribution in [-0.2, 0) is 4.74 Å². The van der Waals surface area contributed by atoms with Crippen LogP contribution in [0.1, 0.15) is 26.2 Å². The van der Waals surface area contributed by atoms with Crippen molar-refractivity contribution in [1.29, 1.82) is 0 Å². The van der Waals surface area contributed by atoms with Crippen LogP contribution in [0.5, 0.6) is 0 Å². The van der Waals surface area contributed by atoms with Gasteiger partial charge in [0.15, 0.2) is 0 Å². The minimum absolute atomic E-state index is 0.0933. The summed E-state index contributed by atoms with van der Waals surface area (Å²) in [6.45, 7) is 2.98. The van der Waals surface area contributed by atoms with Crippen LogP contribution in [0, 0.1) is 0 Å². The van der Waals surface area contributed by atoms with E-state index in [1.807, 2.05) is 0 Å². The molecule has 3 atom stereocenters. The predicted octanol–water partition coefficient (Wildman–Crippen LogP) is 0.195. The molecule has 0 aliphatic heterocycles. The summed E-state index contributed by atoms with van der Waals surface area (Å²) in [7, 11) is 3.83. The number of aliphatic hydroxyl groups is 1. The molecule has 0 saturated heterocycles. The van der Waals surface area contributed by atoms with Crippen molar-refractivity contribution in [3.05, 3.63) is 0 Å². The lowest BCUT2D eigenvalue weighted by molar-refractivity contribution is 0.0863. The molecule has 4 heteroatoms. The van der Waals surface area contributed by atoms with Crippen LogP contribution >= 0.6 is 0 Å². The third kappa shape index (κ3) is 3.14. The number of methoxy groups -OCH3 is 1. The second-order valence-corrected chi connectivity index (χ2v) is 4.89. The smallest absolute Gasteiger partial charge is 0.0615 e. The van der Waals surface area contributed by atoms with Crippen LogP contribution in [0.2, 0.25) is 0 Å². The lowest BCUT2D eigenvalue weighted by Crippen LogP contribution is -2.45. The standard InChI is InChI=1S/C11H24N2O2/c1-9(7-15-3)13(2)10-4-5-11(12,6-10)8-14/h9-10,14H,4-8,12H2,1-3H3. The van der Waals surface area contributed by atoms with E-state index >= 15 is 0 Å². The summed E-state index contributed by atoms with van der Waals surface area (Å²) in [5, 5.41) is 9.20. The summed E-state index contributed by atoms with van der Waals surface area (Å²) >= 11 is 0. The molecule has 90 valence electrons. The average Bonchev–Trinajstić information content (AvgIpc) is 2.61. The SMILES string of the molecule is COCC(C)N(C)C1CCC(N)(CO)C1. The second-order valence-electron chi connectivity index (χ2n) is 4.89. The van der Waals surface area contributed by atoms with Gasteiger partial charge < -0.3 is 15.6 Å². The van der Waals surface area contributed by atoms with Crippen LogP contribution in [0.25, 0.3) is 0 Å². The quantitative estimate of drug-likeness (QED) is 0.689. The fraction of sp³-hybridized carbons (Fsp3) is 1.00. The molecule has 1 aliphatic rings. The highest BCUT2D eigenvalue weighted by Gasteiger charge is 2.37. The highest BCUT2D eigenvalue weighted by atomic mass is 16.5. The molecule has 0 heterocycles. The maximum Gasteiger partial charge on any atom is 0.0615 e. The summed E-state index contributed by atoms with van der Waals surface area (Å²) in [5.74, 6) is 0. The molecule has 3 unspecified atom stereocenters. The Hall–Kier alpha value is -0.160. The van der Waals surface area contributed by atoms with Crippen molar-refractivity contribution in [3.8, 4) is 0 Å². The monoisotopic (exact) mass is 216 g/mol. The van der Waals surface area contributed by atoms with Gasteiger partial charge in [-0.2, -0.15) is 0 Å². The van der Waals surface area contributed by atoms with Crippen LogP contribution in [-0.4, -0.2) is 55.0 Å². The van der Waals surface area contributed by atoms with E-state index in [1.165, 1.54) is 0 Å². The largest absolute Gasteiger partial charge is 0.394 e. The summed E-state index contributed by atoms with van der Waals surface area (Å²) in [6.07, 6.45) is 2.87. The number of nitrogens with two attached hydrogens (primary N) is 1. The Kier molecular flexibility index (Phi) is 4.52. The first kappa shape index (κ1) is 12.9. The lowest BCUT2D eigenvalue weighted by Gasteiger charge is -2.31. The van der Waals surface area contributed by atoms with Gasteiger partial charge in [0.05, 0.1) is 13.2 Å². The van der Waals surface area contributed by atoms with Crippen molar-refractivity contribution in [1.82, 2.24) is 4.90 Å². The fourth-order valence-electron chi connectivity index (χ4n) is 2.34. The van der Waals surface area contributed by atoms with Gasteiger partial charge in [-0.05, 0) is 33.2 Å². The van der Waals surface area contributed by atoms with Gasteiger partial charge in [0, 0.05) is 24.7 Å². The summed E-state index contributed by atoms with van der Waals surface area (Å²) in [6, 6.07) is 0.883. The molecule has 0 aromatic carbocycles. The molecule has 0 bridgehead atoms. The van der Waals surface area contributed by atoms with Crippen LogP contribution in [0.15, 0.2) is 0 Å². The lowest BCUT2D eigenvalue weighted by atomic mass is 10.0. The molecule has 0 radical (unpaired) electrons. The average molecular weight is 216 g/mol. The Morgan fingerprint density at radius 3 is 2.80 bits per heavy atom. The van der Waals surface area contributed by atoms with Crippen LogP contribution in [0.3, 0.4) is 0 Å². The number of hydrogen-bond donors (Lipinski definition) is 2. The number of rotatable bonds is 5. The minimum atomic E-state index is -0.355. The van der Waals surface area contributed by atoms with E-state index in [0.29, 0.717) is 12.1 Å². The molecule has 15 heavy (non-hydrogen) atoms. The van der Waals surface area contributed by atoms with Gasteiger partial charge in [-0.3, -0.25) is 4.90 Å². The van der Waals surface area contributed by atoms with Crippen LogP contribution < -0.4 is 5.73 Å². The molecular weight excluding hydrogens is 192 g/mol. The first-order valence-corrected chi connectivity index (χ1v) is 5.63. The van der Waals surface area contributed by atoms with Gasteiger partial charge in [0.25, 0.3) is 0 Å². The zero-order chi connectivity index (χ0) is 11.5. The van der Waals surface area contributed by atoms with Gasteiger partial charge in [-0.15, -0.1) is 0 Å². The van der Waals surface area contributed by atoms with Gasteiger partial charge in [-0.25, -0.2) is 0 Å². The van der Waals surface area contributed by atoms with E-state index < -0.39 is 0 Å². The van der Waals surface area contributed by atoms with E-state index in [1.54, 1.807) is 7.11 Å². The third-order valence-corrected chi connectivity index (χ3v) is 3.61. The van der Waals surface area contributed by atoms with Gasteiger partial charge in [0.1, 0.15) is 0 Å². The first-order chi connectivity index (χ1) is 7.02. The molecule has 1 aliphatic carbocycles. The maximum atomic E-state index is 9.20. The molecule has 0 amide bonds. The molecule has 3 N–H and O–H groups in total. The Labute approximate surface area is 92.4 Å². The fourth-order valence-corrected chi connectivity index (χ4v) is 2.34. The maximum absolute atomic E-state index is 9.20.